The predicted octanol–water partition coefficient (Wildman–Crippen LogP) is 3.70. The summed E-state index contributed by atoms with van der Waals surface area (Å²) < 4.78 is 0. The minimum absolute atomic E-state index is 0.0497. The Morgan fingerprint density at radius 1 is 1.00 bits per heavy atom. The Balaban J connectivity index is 1.62. The van der Waals surface area contributed by atoms with Gasteiger partial charge < -0.3 is 10.9 Å². The molecule has 3 nitrogen and oxygen atoms in total. The Kier molecular flexibility index (Phi) is 3.38. The van der Waals surface area contributed by atoms with Crippen LogP contribution in [0.5, 0.6) is 0 Å². The summed E-state index contributed by atoms with van der Waals surface area (Å²) in [5.74, 6) is 8.85. The van der Waals surface area contributed by atoms with E-state index < -0.39 is 0 Å². The van der Waals surface area contributed by atoms with Gasteiger partial charge in [-0.3, -0.25) is 0 Å². The first-order chi connectivity index (χ1) is 10.5. The minimum atomic E-state index is -0.0497. The second-order valence-electron chi connectivity index (χ2n) is 9.19. The third-order valence-corrected chi connectivity index (χ3v) is 8.63. The molecule has 0 heterocycles. The second kappa shape index (κ2) is 4.96. The van der Waals surface area contributed by atoms with Crippen LogP contribution in [0.4, 0.5) is 0 Å². The van der Waals surface area contributed by atoms with Crippen LogP contribution < -0.4 is 5.84 Å². The molecule has 4 unspecified atom stereocenters. The van der Waals surface area contributed by atoms with E-state index in [9.17, 15) is 5.11 Å². The molecule has 3 heteroatoms. The van der Waals surface area contributed by atoms with Crippen LogP contribution in [0.1, 0.15) is 71.6 Å². The number of hydrogen-bond donors (Lipinski definition) is 2. The molecule has 0 radical (unpaired) electrons. The highest BCUT2D eigenvalue weighted by atomic mass is 16.3. The van der Waals surface area contributed by atoms with Gasteiger partial charge in [0.2, 0.25) is 0 Å². The third kappa shape index (κ3) is 1.87. The maximum Gasteiger partial charge on any atom is 0.0596 e. The lowest BCUT2D eigenvalue weighted by Gasteiger charge is -2.60. The summed E-state index contributed by atoms with van der Waals surface area (Å²) >= 11 is 0. The van der Waals surface area contributed by atoms with Crippen LogP contribution >= 0.6 is 0 Å². The number of rotatable bonds is 0. The van der Waals surface area contributed by atoms with Gasteiger partial charge in [-0.05, 0) is 92.3 Å². The van der Waals surface area contributed by atoms with Gasteiger partial charge in [-0.1, -0.05) is 13.8 Å². The average Bonchev–Trinajstić information content (AvgIpc) is 2.82. The molecule has 0 aromatic rings. The molecule has 0 bridgehead atoms. The molecule has 0 saturated heterocycles. The lowest BCUT2D eigenvalue weighted by atomic mass is 9.45. The zero-order chi connectivity index (χ0) is 15.5. The van der Waals surface area contributed by atoms with Gasteiger partial charge in [-0.25, -0.2) is 0 Å². The van der Waals surface area contributed by atoms with E-state index in [0.29, 0.717) is 5.41 Å². The van der Waals surface area contributed by atoms with Crippen molar-refractivity contribution in [2.24, 2.45) is 45.4 Å². The molecule has 4 fully saturated rings. The van der Waals surface area contributed by atoms with Crippen LogP contribution in [0, 0.1) is 34.5 Å². The van der Waals surface area contributed by atoms with Gasteiger partial charge in [0.25, 0.3) is 0 Å². The zero-order valence-corrected chi connectivity index (χ0v) is 14.2. The first-order valence-corrected chi connectivity index (χ1v) is 9.43. The maximum absolute atomic E-state index is 10.5. The van der Waals surface area contributed by atoms with E-state index in [4.69, 9.17) is 5.84 Å². The number of hydrazone groups is 1. The minimum Gasteiger partial charge on any atom is -0.393 e. The van der Waals surface area contributed by atoms with E-state index in [-0.39, 0.29) is 11.5 Å². The zero-order valence-electron chi connectivity index (χ0n) is 14.2. The van der Waals surface area contributed by atoms with Crippen molar-refractivity contribution in [1.29, 1.82) is 0 Å². The van der Waals surface area contributed by atoms with Crippen LogP contribution in [0.25, 0.3) is 0 Å². The van der Waals surface area contributed by atoms with E-state index in [1.807, 2.05) is 0 Å². The van der Waals surface area contributed by atoms with Crippen molar-refractivity contribution in [2.45, 2.75) is 77.7 Å². The van der Waals surface area contributed by atoms with Crippen LogP contribution in [-0.2, 0) is 0 Å². The molecular formula is C19H32N2O. The average molecular weight is 304 g/mol. The number of nitrogens with zero attached hydrogens (tertiary/aromatic N) is 1. The van der Waals surface area contributed by atoms with Gasteiger partial charge in [0.05, 0.1) is 6.10 Å². The number of fused-ring (bicyclic) bond motifs is 5. The SMILES string of the molecule is C[C@]12CCC3C(CC[C@H]4C/C(=N/N)CC[C@]34C)C1CCC2O. The molecule has 0 aliphatic heterocycles. The lowest BCUT2D eigenvalue weighted by molar-refractivity contribution is -0.112. The van der Waals surface area contributed by atoms with Crippen molar-refractivity contribution < 1.29 is 5.11 Å². The summed E-state index contributed by atoms with van der Waals surface area (Å²) in [4.78, 5) is 0. The standard InChI is InChI=1S/C19H32N2O/c1-18-9-7-13(21-20)11-12(18)3-4-14-15-5-6-17(22)19(15,2)10-8-16(14)18/h12,14-17,22H,3-11,20H2,1-2H3/b21-13+/t12-,14?,15?,16?,17?,18-,19-/m0/s1. The molecule has 7 atom stereocenters. The Morgan fingerprint density at radius 2 is 1.77 bits per heavy atom. The molecule has 0 aromatic carbocycles. The van der Waals surface area contributed by atoms with Crippen molar-refractivity contribution in [3.63, 3.8) is 0 Å². The van der Waals surface area contributed by atoms with Crippen LogP contribution in [0.15, 0.2) is 5.10 Å². The topological polar surface area (TPSA) is 58.6 Å². The highest BCUT2D eigenvalue weighted by Crippen LogP contribution is 2.65. The molecule has 0 aromatic heterocycles. The van der Waals surface area contributed by atoms with Gasteiger partial charge >= 0.3 is 0 Å². The molecule has 4 aliphatic carbocycles. The number of aliphatic hydroxyl groups is 1. The van der Waals surface area contributed by atoms with Crippen molar-refractivity contribution in [1.82, 2.24) is 0 Å². The summed E-state index contributed by atoms with van der Waals surface area (Å²) in [7, 11) is 0. The predicted molar refractivity (Wildman–Crippen MR) is 89.4 cm³/mol. The van der Waals surface area contributed by atoms with Crippen molar-refractivity contribution in [2.75, 3.05) is 0 Å². The molecule has 4 aliphatic rings. The molecular weight excluding hydrogens is 272 g/mol. The molecule has 0 spiro atoms. The molecule has 4 rings (SSSR count). The molecule has 0 amide bonds. The van der Waals surface area contributed by atoms with Gasteiger partial charge in [-0.15, -0.1) is 0 Å². The Morgan fingerprint density at radius 3 is 2.55 bits per heavy atom. The smallest absolute Gasteiger partial charge is 0.0596 e. The van der Waals surface area contributed by atoms with E-state index in [0.717, 1.165) is 42.9 Å². The fourth-order valence-corrected chi connectivity index (χ4v) is 7.15. The van der Waals surface area contributed by atoms with Crippen LogP contribution in [-0.4, -0.2) is 16.9 Å². The Hall–Kier alpha value is -0.570. The first-order valence-electron chi connectivity index (χ1n) is 9.43. The quantitative estimate of drug-likeness (QED) is 0.529. The number of hydrogen-bond acceptors (Lipinski definition) is 3. The first kappa shape index (κ1) is 15.0. The summed E-state index contributed by atoms with van der Waals surface area (Å²) in [6.45, 7) is 4.94. The van der Waals surface area contributed by atoms with Crippen molar-refractivity contribution in [3.8, 4) is 0 Å². The van der Waals surface area contributed by atoms with Gasteiger partial charge in [-0.2, -0.15) is 5.10 Å². The van der Waals surface area contributed by atoms with E-state index in [2.05, 4.69) is 18.9 Å². The highest BCUT2D eigenvalue weighted by molar-refractivity contribution is 5.85. The van der Waals surface area contributed by atoms with Gasteiger partial charge in [0, 0.05) is 5.71 Å². The highest BCUT2D eigenvalue weighted by Gasteiger charge is 2.59. The van der Waals surface area contributed by atoms with E-state index in [1.54, 1.807) is 0 Å². The second-order valence-corrected chi connectivity index (χ2v) is 9.19. The molecule has 124 valence electrons. The Bertz CT molecular complexity index is 490. The fourth-order valence-electron chi connectivity index (χ4n) is 7.15. The fraction of sp³-hybridized carbons (Fsp3) is 0.947. The summed E-state index contributed by atoms with van der Waals surface area (Å²) in [5, 5.41) is 14.5. The monoisotopic (exact) mass is 304 g/mol. The van der Waals surface area contributed by atoms with Gasteiger partial charge in [0.1, 0.15) is 0 Å². The molecule has 3 N–H and O–H groups in total. The summed E-state index contributed by atoms with van der Waals surface area (Å²) in [6.07, 6.45) is 11.1. The van der Waals surface area contributed by atoms with Crippen LogP contribution in [0.2, 0.25) is 0 Å². The molecule has 4 saturated carbocycles. The van der Waals surface area contributed by atoms with Gasteiger partial charge in [0.15, 0.2) is 0 Å². The lowest BCUT2D eigenvalue weighted by Crippen LogP contribution is -2.54. The van der Waals surface area contributed by atoms with Crippen molar-refractivity contribution >= 4 is 5.71 Å². The number of aliphatic hydroxyl groups excluding tert-OH is 1. The summed E-state index contributed by atoms with van der Waals surface area (Å²) in [5.41, 5.74) is 1.95. The largest absolute Gasteiger partial charge is 0.393 e. The molecule has 22 heavy (non-hydrogen) atoms. The van der Waals surface area contributed by atoms with Crippen molar-refractivity contribution in [3.05, 3.63) is 0 Å². The van der Waals surface area contributed by atoms with E-state index >= 15 is 0 Å². The van der Waals surface area contributed by atoms with E-state index in [1.165, 1.54) is 44.2 Å². The number of nitrogens with two attached hydrogens (primary N) is 1. The third-order valence-electron chi connectivity index (χ3n) is 8.63. The Labute approximate surface area is 134 Å². The summed E-state index contributed by atoms with van der Waals surface area (Å²) in [6, 6.07) is 0. The van der Waals surface area contributed by atoms with Crippen LogP contribution in [0.3, 0.4) is 0 Å². The maximum atomic E-state index is 10.5. The normalized spacial score (nSPS) is 56.3.